The van der Waals surface area contributed by atoms with E-state index >= 15 is 0 Å². The summed E-state index contributed by atoms with van der Waals surface area (Å²) in [6, 6.07) is 0. The van der Waals surface area contributed by atoms with Crippen molar-refractivity contribution in [2.45, 2.75) is 46.0 Å². The van der Waals surface area contributed by atoms with Gasteiger partial charge in [0.2, 0.25) is 0 Å². The Balaban J connectivity index is 2.84. The Morgan fingerprint density at radius 1 is 1.41 bits per heavy atom. The van der Waals surface area contributed by atoms with Gasteiger partial charge in [0.25, 0.3) is 0 Å². The SMILES string of the molecule is CCOC(=O)C1=C(O)CCC[C@@H]1CC(=O)CC. The first-order valence-corrected chi connectivity index (χ1v) is 6.20. The maximum atomic E-state index is 11.7. The molecule has 17 heavy (non-hydrogen) atoms. The minimum Gasteiger partial charge on any atom is -0.512 e. The van der Waals surface area contributed by atoms with E-state index < -0.39 is 5.97 Å². The molecule has 0 bridgehead atoms. The number of aliphatic hydroxyl groups excluding tert-OH is 1. The number of aliphatic hydroxyl groups is 1. The average Bonchev–Trinajstić information content (AvgIpc) is 2.29. The van der Waals surface area contributed by atoms with Crippen molar-refractivity contribution in [3.8, 4) is 0 Å². The van der Waals surface area contributed by atoms with Gasteiger partial charge in [0, 0.05) is 25.2 Å². The molecule has 96 valence electrons. The molecule has 1 rings (SSSR count). The van der Waals surface area contributed by atoms with Crippen molar-refractivity contribution in [3.63, 3.8) is 0 Å². The second kappa shape index (κ2) is 6.42. The van der Waals surface area contributed by atoms with E-state index in [9.17, 15) is 14.7 Å². The molecule has 4 heteroatoms. The highest BCUT2D eigenvalue weighted by Gasteiger charge is 2.30. The third-order valence-electron chi connectivity index (χ3n) is 3.05. The van der Waals surface area contributed by atoms with Crippen molar-refractivity contribution in [3.05, 3.63) is 11.3 Å². The van der Waals surface area contributed by atoms with Crippen LogP contribution in [-0.4, -0.2) is 23.5 Å². The summed E-state index contributed by atoms with van der Waals surface area (Å²) >= 11 is 0. The van der Waals surface area contributed by atoms with Crippen LogP contribution >= 0.6 is 0 Å². The lowest BCUT2D eigenvalue weighted by Crippen LogP contribution is -2.23. The summed E-state index contributed by atoms with van der Waals surface area (Å²) in [5.74, 6) is -0.427. The monoisotopic (exact) mass is 240 g/mol. The quantitative estimate of drug-likeness (QED) is 0.750. The molecular weight excluding hydrogens is 220 g/mol. The van der Waals surface area contributed by atoms with Crippen LogP contribution in [0.1, 0.15) is 46.0 Å². The Kier molecular flexibility index (Phi) is 5.19. The van der Waals surface area contributed by atoms with Crippen molar-refractivity contribution in [2.24, 2.45) is 5.92 Å². The van der Waals surface area contributed by atoms with Gasteiger partial charge in [-0.2, -0.15) is 0 Å². The van der Waals surface area contributed by atoms with Crippen LogP contribution in [0.2, 0.25) is 0 Å². The molecule has 0 saturated carbocycles. The van der Waals surface area contributed by atoms with Crippen molar-refractivity contribution in [1.82, 2.24) is 0 Å². The van der Waals surface area contributed by atoms with Crippen molar-refractivity contribution >= 4 is 11.8 Å². The number of esters is 1. The number of rotatable bonds is 5. The number of hydrogen-bond donors (Lipinski definition) is 1. The molecule has 0 aromatic heterocycles. The summed E-state index contributed by atoms with van der Waals surface area (Å²) in [4.78, 5) is 23.2. The van der Waals surface area contributed by atoms with Gasteiger partial charge in [0.1, 0.15) is 11.5 Å². The maximum Gasteiger partial charge on any atom is 0.337 e. The molecule has 0 aromatic carbocycles. The van der Waals surface area contributed by atoms with Gasteiger partial charge in [-0.1, -0.05) is 6.92 Å². The van der Waals surface area contributed by atoms with Gasteiger partial charge in [-0.3, -0.25) is 4.79 Å². The molecule has 0 unspecified atom stereocenters. The van der Waals surface area contributed by atoms with E-state index in [1.807, 2.05) is 0 Å². The summed E-state index contributed by atoms with van der Waals surface area (Å²) < 4.78 is 4.93. The van der Waals surface area contributed by atoms with Crippen LogP contribution < -0.4 is 0 Å². The average molecular weight is 240 g/mol. The normalized spacial score (nSPS) is 20.2. The Morgan fingerprint density at radius 2 is 2.12 bits per heavy atom. The Bertz CT molecular complexity index is 330. The highest BCUT2D eigenvalue weighted by molar-refractivity contribution is 5.91. The fourth-order valence-corrected chi connectivity index (χ4v) is 2.15. The fraction of sp³-hybridized carbons (Fsp3) is 0.692. The van der Waals surface area contributed by atoms with Crippen molar-refractivity contribution in [1.29, 1.82) is 0 Å². The van der Waals surface area contributed by atoms with Crippen LogP contribution in [0.4, 0.5) is 0 Å². The minimum atomic E-state index is -0.474. The summed E-state index contributed by atoms with van der Waals surface area (Å²) in [5.41, 5.74) is 0.319. The van der Waals surface area contributed by atoms with E-state index in [0.29, 0.717) is 24.8 Å². The van der Waals surface area contributed by atoms with Crippen molar-refractivity contribution < 1.29 is 19.4 Å². The van der Waals surface area contributed by atoms with Crippen LogP contribution in [0.5, 0.6) is 0 Å². The third-order valence-corrected chi connectivity index (χ3v) is 3.05. The van der Waals surface area contributed by atoms with Gasteiger partial charge in [0.15, 0.2) is 0 Å². The fourth-order valence-electron chi connectivity index (χ4n) is 2.15. The van der Waals surface area contributed by atoms with Crippen LogP contribution in [0, 0.1) is 5.92 Å². The number of carbonyl (C=O) groups excluding carboxylic acids is 2. The molecule has 0 amide bonds. The van der Waals surface area contributed by atoms with Gasteiger partial charge >= 0.3 is 5.97 Å². The Hall–Kier alpha value is -1.32. The standard InChI is InChI=1S/C13H20O4/c1-3-10(14)8-9-6-5-7-11(15)12(9)13(16)17-4-2/h9,15H,3-8H2,1-2H3/t9-/m1/s1. The van der Waals surface area contributed by atoms with Gasteiger partial charge in [-0.15, -0.1) is 0 Å². The summed E-state index contributed by atoms with van der Waals surface area (Å²) in [6.07, 6.45) is 2.88. The number of ether oxygens (including phenoxy) is 1. The molecule has 0 spiro atoms. The van der Waals surface area contributed by atoms with Crippen molar-refractivity contribution in [2.75, 3.05) is 6.61 Å². The molecule has 1 N–H and O–H groups in total. The van der Waals surface area contributed by atoms with Gasteiger partial charge in [-0.25, -0.2) is 4.79 Å². The van der Waals surface area contributed by atoms with E-state index in [1.165, 1.54) is 0 Å². The molecule has 1 aliphatic carbocycles. The summed E-state index contributed by atoms with van der Waals surface area (Å²) in [7, 11) is 0. The highest BCUT2D eigenvalue weighted by Crippen LogP contribution is 2.32. The molecule has 0 fully saturated rings. The molecule has 4 nitrogen and oxygen atoms in total. The second-order valence-electron chi connectivity index (χ2n) is 4.27. The topological polar surface area (TPSA) is 63.6 Å². The zero-order chi connectivity index (χ0) is 12.8. The van der Waals surface area contributed by atoms with E-state index in [1.54, 1.807) is 13.8 Å². The molecule has 0 heterocycles. The summed E-state index contributed by atoms with van der Waals surface area (Å²) in [6.45, 7) is 3.81. The minimum absolute atomic E-state index is 0.101. The smallest absolute Gasteiger partial charge is 0.337 e. The predicted molar refractivity (Wildman–Crippen MR) is 63.5 cm³/mol. The number of Topliss-reactive ketones (excluding diaryl/α,β-unsaturated/α-hetero) is 1. The largest absolute Gasteiger partial charge is 0.512 e. The zero-order valence-corrected chi connectivity index (χ0v) is 10.5. The van der Waals surface area contributed by atoms with Crippen LogP contribution in [0.15, 0.2) is 11.3 Å². The lowest BCUT2D eigenvalue weighted by atomic mass is 9.83. The van der Waals surface area contributed by atoms with E-state index in [4.69, 9.17) is 4.74 Å². The molecule has 0 aromatic rings. The maximum absolute atomic E-state index is 11.7. The van der Waals surface area contributed by atoms with Gasteiger partial charge in [0.05, 0.1) is 12.2 Å². The number of hydrogen-bond acceptors (Lipinski definition) is 4. The molecule has 0 radical (unpaired) electrons. The van der Waals surface area contributed by atoms with E-state index in [0.717, 1.165) is 12.8 Å². The molecule has 1 atom stereocenters. The Morgan fingerprint density at radius 3 is 2.71 bits per heavy atom. The first-order chi connectivity index (χ1) is 8.10. The molecular formula is C13H20O4. The summed E-state index contributed by atoms with van der Waals surface area (Å²) in [5, 5.41) is 9.79. The lowest BCUT2D eigenvalue weighted by Gasteiger charge is -2.24. The number of allylic oxidation sites excluding steroid dienone is 1. The van der Waals surface area contributed by atoms with E-state index in [2.05, 4.69) is 0 Å². The zero-order valence-electron chi connectivity index (χ0n) is 10.5. The van der Waals surface area contributed by atoms with Crippen LogP contribution in [0.25, 0.3) is 0 Å². The van der Waals surface area contributed by atoms with Crippen LogP contribution in [-0.2, 0) is 14.3 Å². The highest BCUT2D eigenvalue weighted by atomic mass is 16.5. The number of carbonyl (C=O) groups is 2. The predicted octanol–water partition coefficient (Wildman–Crippen LogP) is 2.53. The first-order valence-electron chi connectivity index (χ1n) is 6.20. The first kappa shape index (κ1) is 13.7. The molecule has 1 aliphatic rings. The molecule has 0 saturated heterocycles. The second-order valence-corrected chi connectivity index (χ2v) is 4.27. The molecule has 0 aliphatic heterocycles. The third kappa shape index (κ3) is 3.58. The van der Waals surface area contributed by atoms with Crippen LogP contribution in [0.3, 0.4) is 0 Å². The van der Waals surface area contributed by atoms with Gasteiger partial charge < -0.3 is 9.84 Å². The van der Waals surface area contributed by atoms with Gasteiger partial charge in [-0.05, 0) is 19.8 Å². The lowest BCUT2D eigenvalue weighted by molar-refractivity contribution is -0.139. The number of ketones is 1. The Labute approximate surface area is 102 Å². The van der Waals surface area contributed by atoms with E-state index in [-0.39, 0.29) is 24.1 Å².